The van der Waals surface area contributed by atoms with Crippen LogP contribution in [0.2, 0.25) is 0 Å². The Balaban J connectivity index is 1.70. The predicted molar refractivity (Wildman–Crippen MR) is 110 cm³/mol. The maximum atomic E-state index is 12.3. The van der Waals surface area contributed by atoms with Crippen LogP contribution < -0.4 is 10.2 Å². The average Bonchev–Trinajstić information content (AvgIpc) is 2.68. The van der Waals surface area contributed by atoms with Crippen LogP contribution in [0.4, 0.5) is 0 Å². The first-order valence-corrected chi connectivity index (χ1v) is 9.02. The molecule has 28 heavy (non-hydrogen) atoms. The SMILES string of the molecule is CCOc1ccc(-c2cncc(C(=O)NN=Cc3cc(C)cc(C)c3)n2)cc1. The number of hydrogen-bond donors (Lipinski definition) is 1. The van der Waals surface area contributed by atoms with Crippen LogP contribution in [0, 0.1) is 13.8 Å². The summed E-state index contributed by atoms with van der Waals surface area (Å²) >= 11 is 0. The molecular weight excluding hydrogens is 352 g/mol. The van der Waals surface area contributed by atoms with E-state index in [0.717, 1.165) is 28.0 Å². The molecular formula is C22H22N4O2. The van der Waals surface area contributed by atoms with Crippen molar-refractivity contribution >= 4 is 12.1 Å². The molecule has 1 N–H and O–H groups in total. The minimum atomic E-state index is -0.416. The van der Waals surface area contributed by atoms with E-state index in [0.29, 0.717) is 12.3 Å². The molecule has 1 amide bonds. The van der Waals surface area contributed by atoms with Crippen LogP contribution in [0.5, 0.6) is 5.75 Å². The highest BCUT2D eigenvalue weighted by Crippen LogP contribution is 2.20. The summed E-state index contributed by atoms with van der Waals surface area (Å²) in [5, 5.41) is 4.03. The molecule has 0 aliphatic rings. The van der Waals surface area contributed by atoms with Crippen molar-refractivity contribution in [1.29, 1.82) is 0 Å². The van der Waals surface area contributed by atoms with E-state index in [1.165, 1.54) is 6.20 Å². The van der Waals surface area contributed by atoms with Gasteiger partial charge in [0.2, 0.25) is 0 Å². The number of rotatable bonds is 6. The first-order chi connectivity index (χ1) is 13.5. The fourth-order valence-electron chi connectivity index (χ4n) is 2.81. The maximum absolute atomic E-state index is 12.3. The number of aromatic nitrogens is 2. The number of amides is 1. The van der Waals surface area contributed by atoms with E-state index in [2.05, 4.69) is 26.6 Å². The first-order valence-electron chi connectivity index (χ1n) is 9.02. The van der Waals surface area contributed by atoms with Gasteiger partial charge < -0.3 is 4.74 Å². The Morgan fingerprint density at radius 2 is 1.82 bits per heavy atom. The summed E-state index contributed by atoms with van der Waals surface area (Å²) in [5.74, 6) is 0.370. The molecule has 6 nitrogen and oxygen atoms in total. The minimum Gasteiger partial charge on any atom is -0.494 e. The van der Waals surface area contributed by atoms with E-state index in [1.807, 2.05) is 57.2 Å². The lowest BCUT2D eigenvalue weighted by atomic mass is 10.1. The van der Waals surface area contributed by atoms with E-state index >= 15 is 0 Å². The summed E-state index contributed by atoms with van der Waals surface area (Å²) in [6.45, 7) is 6.58. The Morgan fingerprint density at radius 1 is 1.11 bits per heavy atom. The van der Waals surface area contributed by atoms with Gasteiger partial charge in [-0.2, -0.15) is 5.10 Å². The van der Waals surface area contributed by atoms with E-state index in [4.69, 9.17) is 4.74 Å². The molecule has 0 unspecified atom stereocenters. The molecule has 0 bridgehead atoms. The van der Waals surface area contributed by atoms with Crippen LogP contribution in [0.3, 0.4) is 0 Å². The van der Waals surface area contributed by atoms with Gasteiger partial charge >= 0.3 is 0 Å². The van der Waals surface area contributed by atoms with Gasteiger partial charge in [0.05, 0.1) is 30.9 Å². The quantitative estimate of drug-likeness (QED) is 0.524. The first kappa shape index (κ1) is 19.2. The number of nitrogens with zero attached hydrogens (tertiary/aromatic N) is 3. The second-order valence-corrected chi connectivity index (χ2v) is 6.37. The van der Waals surface area contributed by atoms with Gasteiger partial charge in [0.25, 0.3) is 5.91 Å². The molecule has 0 saturated carbocycles. The molecule has 142 valence electrons. The van der Waals surface area contributed by atoms with E-state index in [-0.39, 0.29) is 5.69 Å². The Hall–Kier alpha value is -3.54. The van der Waals surface area contributed by atoms with Crippen molar-refractivity contribution in [2.45, 2.75) is 20.8 Å². The number of benzene rings is 2. The predicted octanol–water partition coefficient (Wildman–Crippen LogP) is 3.92. The number of aryl methyl sites for hydroxylation is 2. The summed E-state index contributed by atoms with van der Waals surface area (Å²) in [5.41, 5.74) is 7.36. The van der Waals surface area contributed by atoms with Gasteiger partial charge in [-0.25, -0.2) is 10.4 Å². The molecule has 0 atom stereocenters. The third kappa shape index (κ3) is 5.01. The van der Waals surface area contributed by atoms with Crippen molar-refractivity contribution < 1.29 is 9.53 Å². The van der Waals surface area contributed by atoms with Gasteiger partial charge in [-0.1, -0.05) is 29.3 Å². The van der Waals surface area contributed by atoms with Gasteiger partial charge in [-0.05, 0) is 50.6 Å². The van der Waals surface area contributed by atoms with Gasteiger partial charge in [-0.15, -0.1) is 0 Å². The van der Waals surface area contributed by atoms with E-state index in [9.17, 15) is 4.79 Å². The average molecular weight is 374 g/mol. The monoisotopic (exact) mass is 374 g/mol. The molecule has 0 aliphatic carbocycles. The summed E-state index contributed by atoms with van der Waals surface area (Å²) < 4.78 is 5.44. The number of carbonyl (C=O) groups is 1. The molecule has 3 rings (SSSR count). The van der Waals surface area contributed by atoms with E-state index in [1.54, 1.807) is 12.4 Å². The van der Waals surface area contributed by atoms with Crippen molar-refractivity contribution in [2.24, 2.45) is 5.10 Å². The Labute approximate surface area is 164 Å². The Bertz CT molecular complexity index is 977. The summed E-state index contributed by atoms with van der Waals surface area (Å²) in [6, 6.07) is 13.6. The number of ether oxygens (including phenoxy) is 1. The fraction of sp³-hybridized carbons (Fsp3) is 0.182. The van der Waals surface area contributed by atoms with Crippen LogP contribution in [0.25, 0.3) is 11.3 Å². The molecule has 0 fully saturated rings. The largest absolute Gasteiger partial charge is 0.494 e. The van der Waals surface area contributed by atoms with Gasteiger partial charge in [0.1, 0.15) is 11.4 Å². The van der Waals surface area contributed by atoms with Crippen molar-refractivity contribution in [3.8, 4) is 17.0 Å². The highest BCUT2D eigenvalue weighted by atomic mass is 16.5. The molecule has 1 aromatic heterocycles. The molecule has 1 heterocycles. The third-order valence-corrected chi connectivity index (χ3v) is 3.95. The Kier molecular flexibility index (Phi) is 6.11. The molecule has 3 aromatic rings. The normalized spacial score (nSPS) is 10.8. The van der Waals surface area contributed by atoms with Gasteiger partial charge in [0.15, 0.2) is 0 Å². The van der Waals surface area contributed by atoms with Crippen LogP contribution in [0.15, 0.2) is 60.0 Å². The lowest BCUT2D eigenvalue weighted by molar-refractivity contribution is 0.0950. The van der Waals surface area contributed by atoms with E-state index < -0.39 is 5.91 Å². The number of hydrazone groups is 1. The molecule has 0 radical (unpaired) electrons. The zero-order chi connectivity index (χ0) is 19.9. The van der Waals surface area contributed by atoms with Crippen molar-refractivity contribution in [2.75, 3.05) is 6.61 Å². The molecule has 2 aromatic carbocycles. The van der Waals surface area contributed by atoms with Crippen molar-refractivity contribution in [3.05, 3.63) is 77.2 Å². The minimum absolute atomic E-state index is 0.198. The van der Waals surface area contributed by atoms with Crippen LogP contribution in [0.1, 0.15) is 34.1 Å². The molecule has 0 spiro atoms. The highest BCUT2D eigenvalue weighted by Gasteiger charge is 2.09. The maximum Gasteiger partial charge on any atom is 0.291 e. The molecule has 6 heteroatoms. The fourth-order valence-corrected chi connectivity index (χ4v) is 2.81. The summed E-state index contributed by atoms with van der Waals surface area (Å²) in [6.07, 6.45) is 4.65. The van der Waals surface area contributed by atoms with Gasteiger partial charge in [-0.3, -0.25) is 9.78 Å². The smallest absolute Gasteiger partial charge is 0.291 e. The lowest BCUT2D eigenvalue weighted by Crippen LogP contribution is -2.19. The number of carbonyl (C=O) groups excluding carboxylic acids is 1. The second kappa shape index (κ2) is 8.90. The van der Waals surface area contributed by atoms with Gasteiger partial charge in [0, 0.05) is 5.56 Å². The molecule has 0 aliphatic heterocycles. The van der Waals surface area contributed by atoms with Crippen LogP contribution >= 0.6 is 0 Å². The third-order valence-electron chi connectivity index (χ3n) is 3.95. The van der Waals surface area contributed by atoms with Crippen molar-refractivity contribution in [3.63, 3.8) is 0 Å². The van der Waals surface area contributed by atoms with Crippen LogP contribution in [-0.4, -0.2) is 28.7 Å². The zero-order valence-electron chi connectivity index (χ0n) is 16.1. The summed E-state index contributed by atoms with van der Waals surface area (Å²) in [7, 11) is 0. The topological polar surface area (TPSA) is 76.5 Å². The lowest BCUT2D eigenvalue weighted by Gasteiger charge is -2.06. The standard InChI is InChI=1S/C22H22N4O2/c1-4-28-19-7-5-18(6-8-19)20-13-23-14-21(25-20)22(27)26-24-12-17-10-15(2)9-16(3)11-17/h5-14H,4H2,1-3H3,(H,26,27). The zero-order valence-corrected chi connectivity index (χ0v) is 16.1. The second-order valence-electron chi connectivity index (χ2n) is 6.37. The number of hydrogen-bond acceptors (Lipinski definition) is 5. The highest BCUT2D eigenvalue weighted by molar-refractivity contribution is 5.93. The van der Waals surface area contributed by atoms with Crippen LogP contribution in [-0.2, 0) is 0 Å². The number of nitrogens with one attached hydrogen (secondary N) is 1. The Morgan fingerprint density at radius 3 is 2.50 bits per heavy atom. The summed E-state index contributed by atoms with van der Waals surface area (Å²) in [4.78, 5) is 20.9. The molecule has 0 saturated heterocycles. The van der Waals surface area contributed by atoms with Crippen molar-refractivity contribution in [1.82, 2.24) is 15.4 Å².